The van der Waals surface area contributed by atoms with Crippen LogP contribution in [0.25, 0.3) is 11.0 Å². The fraction of sp³-hybridized carbons (Fsp3) is 0.176. The maximum Gasteiger partial charge on any atom is 0.138 e. The number of hydrogen-bond donors (Lipinski definition) is 1. The molecular weight excluding hydrogens is 304 g/mol. The third kappa shape index (κ3) is 3.10. The SMILES string of the molecule is CCSc1ccc(C(O)c2cc3cc(Cl)ccc3o2)cc1. The molecule has 1 atom stereocenters. The number of benzene rings is 2. The molecule has 1 aromatic heterocycles. The molecule has 21 heavy (non-hydrogen) atoms. The van der Waals surface area contributed by atoms with Gasteiger partial charge in [0.25, 0.3) is 0 Å². The summed E-state index contributed by atoms with van der Waals surface area (Å²) in [6, 6.07) is 15.2. The monoisotopic (exact) mass is 318 g/mol. The minimum Gasteiger partial charge on any atom is -0.458 e. The first-order chi connectivity index (χ1) is 10.2. The van der Waals surface area contributed by atoms with Crippen LogP contribution in [0.1, 0.15) is 24.4 Å². The lowest BCUT2D eigenvalue weighted by Gasteiger charge is -2.08. The summed E-state index contributed by atoms with van der Waals surface area (Å²) in [7, 11) is 0. The van der Waals surface area contributed by atoms with Crippen LogP contribution in [-0.4, -0.2) is 10.9 Å². The molecular formula is C17H15ClO2S. The molecule has 0 amide bonds. The Bertz CT molecular complexity index is 749. The van der Waals surface area contributed by atoms with E-state index in [0.29, 0.717) is 10.8 Å². The van der Waals surface area contributed by atoms with Gasteiger partial charge in [-0.1, -0.05) is 30.7 Å². The topological polar surface area (TPSA) is 33.4 Å². The molecule has 0 radical (unpaired) electrons. The Hall–Kier alpha value is -1.42. The molecule has 0 aliphatic heterocycles. The Morgan fingerprint density at radius 3 is 2.62 bits per heavy atom. The van der Waals surface area contributed by atoms with Gasteiger partial charge >= 0.3 is 0 Å². The Balaban J connectivity index is 1.90. The standard InChI is InChI=1S/C17H15ClO2S/c1-2-21-14-6-3-11(4-7-14)17(19)16-10-12-9-13(18)5-8-15(12)20-16/h3-10,17,19H,2H2,1H3. The van der Waals surface area contributed by atoms with E-state index < -0.39 is 6.10 Å². The van der Waals surface area contributed by atoms with Crippen LogP contribution >= 0.6 is 23.4 Å². The van der Waals surface area contributed by atoms with E-state index in [1.54, 1.807) is 17.8 Å². The van der Waals surface area contributed by atoms with E-state index in [0.717, 1.165) is 22.3 Å². The Labute approximate surface area is 132 Å². The van der Waals surface area contributed by atoms with Crippen LogP contribution in [0.2, 0.25) is 5.02 Å². The maximum atomic E-state index is 10.4. The average molecular weight is 319 g/mol. The van der Waals surface area contributed by atoms with Crippen molar-refractivity contribution in [2.24, 2.45) is 0 Å². The third-order valence-electron chi connectivity index (χ3n) is 3.27. The molecule has 0 bridgehead atoms. The molecule has 1 heterocycles. The van der Waals surface area contributed by atoms with E-state index in [2.05, 4.69) is 6.92 Å². The van der Waals surface area contributed by atoms with Crippen molar-refractivity contribution in [1.82, 2.24) is 0 Å². The molecule has 0 fully saturated rings. The van der Waals surface area contributed by atoms with E-state index in [1.807, 2.05) is 42.5 Å². The van der Waals surface area contributed by atoms with Crippen LogP contribution in [0, 0.1) is 0 Å². The van der Waals surface area contributed by atoms with Crippen molar-refractivity contribution in [3.63, 3.8) is 0 Å². The molecule has 108 valence electrons. The van der Waals surface area contributed by atoms with Crippen LogP contribution in [0.3, 0.4) is 0 Å². The highest BCUT2D eigenvalue weighted by atomic mass is 35.5. The summed E-state index contributed by atoms with van der Waals surface area (Å²) in [5, 5.41) is 12.0. The van der Waals surface area contributed by atoms with Gasteiger partial charge in [0.1, 0.15) is 17.4 Å². The van der Waals surface area contributed by atoms with Crippen molar-refractivity contribution in [3.8, 4) is 0 Å². The van der Waals surface area contributed by atoms with E-state index in [1.165, 1.54) is 4.90 Å². The molecule has 2 aromatic carbocycles. The van der Waals surface area contributed by atoms with Crippen LogP contribution in [0.4, 0.5) is 0 Å². The highest BCUT2D eigenvalue weighted by Gasteiger charge is 2.15. The second kappa shape index (κ2) is 6.14. The zero-order valence-electron chi connectivity index (χ0n) is 11.5. The van der Waals surface area contributed by atoms with Crippen molar-refractivity contribution in [2.75, 3.05) is 5.75 Å². The molecule has 4 heteroatoms. The second-order valence-corrected chi connectivity index (χ2v) is 6.51. The van der Waals surface area contributed by atoms with Gasteiger partial charge in [-0.15, -0.1) is 11.8 Å². The fourth-order valence-electron chi connectivity index (χ4n) is 2.25. The molecule has 1 N–H and O–H groups in total. The van der Waals surface area contributed by atoms with Crippen molar-refractivity contribution in [3.05, 3.63) is 64.9 Å². The average Bonchev–Trinajstić information content (AvgIpc) is 2.90. The lowest BCUT2D eigenvalue weighted by Crippen LogP contribution is -1.97. The Morgan fingerprint density at radius 1 is 1.14 bits per heavy atom. The molecule has 1 unspecified atom stereocenters. The van der Waals surface area contributed by atoms with Gasteiger partial charge < -0.3 is 9.52 Å². The summed E-state index contributed by atoms with van der Waals surface area (Å²) < 4.78 is 5.70. The maximum absolute atomic E-state index is 10.4. The molecule has 3 rings (SSSR count). The van der Waals surface area contributed by atoms with Crippen LogP contribution in [0.5, 0.6) is 0 Å². The van der Waals surface area contributed by atoms with E-state index in [4.69, 9.17) is 16.0 Å². The minimum absolute atomic E-state index is 0.531. The predicted molar refractivity (Wildman–Crippen MR) is 88.1 cm³/mol. The lowest BCUT2D eigenvalue weighted by molar-refractivity contribution is 0.192. The van der Waals surface area contributed by atoms with E-state index in [9.17, 15) is 5.11 Å². The predicted octanol–water partition coefficient (Wildman–Crippen LogP) is 5.28. The van der Waals surface area contributed by atoms with Gasteiger partial charge in [-0.2, -0.15) is 0 Å². The van der Waals surface area contributed by atoms with Gasteiger partial charge in [0.15, 0.2) is 0 Å². The molecule has 2 nitrogen and oxygen atoms in total. The third-order valence-corrected chi connectivity index (χ3v) is 4.40. The molecule has 3 aromatic rings. The van der Waals surface area contributed by atoms with Crippen molar-refractivity contribution < 1.29 is 9.52 Å². The smallest absolute Gasteiger partial charge is 0.138 e. The van der Waals surface area contributed by atoms with Crippen LogP contribution < -0.4 is 0 Å². The van der Waals surface area contributed by atoms with E-state index >= 15 is 0 Å². The Kier molecular flexibility index (Phi) is 4.24. The van der Waals surface area contributed by atoms with Gasteiger partial charge in [0.05, 0.1) is 0 Å². The number of hydrogen-bond acceptors (Lipinski definition) is 3. The first-order valence-electron chi connectivity index (χ1n) is 6.77. The largest absolute Gasteiger partial charge is 0.458 e. The molecule has 0 aliphatic rings. The number of aliphatic hydroxyl groups is 1. The quantitative estimate of drug-likeness (QED) is 0.664. The van der Waals surface area contributed by atoms with E-state index in [-0.39, 0.29) is 0 Å². The minimum atomic E-state index is -0.767. The van der Waals surface area contributed by atoms with Crippen molar-refractivity contribution >= 4 is 34.3 Å². The zero-order chi connectivity index (χ0) is 14.8. The molecule has 0 spiro atoms. The number of aliphatic hydroxyl groups excluding tert-OH is 1. The van der Waals surface area contributed by atoms with Crippen molar-refractivity contribution in [1.29, 1.82) is 0 Å². The summed E-state index contributed by atoms with van der Waals surface area (Å²) in [5.41, 5.74) is 1.55. The summed E-state index contributed by atoms with van der Waals surface area (Å²) in [4.78, 5) is 1.20. The van der Waals surface area contributed by atoms with Gasteiger partial charge in [-0.3, -0.25) is 0 Å². The van der Waals surface area contributed by atoms with Gasteiger partial charge in [-0.05, 0) is 47.7 Å². The van der Waals surface area contributed by atoms with Gasteiger partial charge in [0, 0.05) is 15.3 Å². The number of furan rings is 1. The summed E-state index contributed by atoms with van der Waals surface area (Å²) in [6.07, 6.45) is -0.767. The first kappa shape index (κ1) is 14.5. The van der Waals surface area contributed by atoms with Crippen LogP contribution in [-0.2, 0) is 0 Å². The molecule has 0 saturated carbocycles. The fourth-order valence-corrected chi connectivity index (χ4v) is 3.09. The highest BCUT2D eigenvalue weighted by molar-refractivity contribution is 7.99. The lowest BCUT2D eigenvalue weighted by atomic mass is 10.1. The zero-order valence-corrected chi connectivity index (χ0v) is 13.1. The summed E-state index contributed by atoms with van der Waals surface area (Å²) in [5.74, 6) is 1.56. The first-order valence-corrected chi connectivity index (χ1v) is 8.13. The second-order valence-electron chi connectivity index (χ2n) is 4.74. The number of fused-ring (bicyclic) bond motifs is 1. The van der Waals surface area contributed by atoms with Crippen LogP contribution in [0.15, 0.2) is 57.8 Å². The summed E-state index contributed by atoms with van der Waals surface area (Å²) >= 11 is 7.74. The molecule has 0 saturated heterocycles. The highest BCUT2D eigenvalue weighted by Crippen LogP contribution is 2.30. The molecule has 0 aliphatic carbocycles. The normalized spacial score (nSPS) is 12.7. The summed E-state index contributed by atoms with van der Waals surface area (Å²) in [6.45, 7) is 2.12. The van der Waals surface area contributed by atoms with Gasteiger partial charge in [-0.25, -0.2) is 0 Å². The number of thioether (sulfide) groups is 1. The van der Waals surface area contributed by atoms with Crippen molar-refractivity contribution in [2.45, 2.75) is 17.9 Å². The number of halogens is 1. The Morgan fingerprint density at radius 2 is 1.90 bits per heavy atom. The number of rotatable bonds is 4. The van der Waals surface area contributed by atoms with Gasteiger partial charge in [0.2, 0.25) is 0 Å².